The van der Waals surface area contributed by atoms with Gasteiger partial charge in [-0.05, 0) is 49.3 Å². The van der Waals surface area contributed by atoms with Gasteiger partial charge in [-0.15, -0.1) is 0 Å². The average Bonchev–Trinajstić information content (AvgIpc) is 2.78. The molecule has 0 N–H and O–H groups in total. The molecule has 2 aromatic carbocycles. The maximum absolute atomic E-state index is 15.0. The first-order valence-electron chi connectivity index (χ1n) is 11.3. The molecule has 0 aliphatic heterocycles. The molecule has 168 valence electrons. The first-order chi connectivity index (χ1) is 15.0. The van der Waals surface area contributed by atoms with E-state index < -0.39 is 17.5 Å². The standard InChI is InChI=1S/C26H30ClF3O/c1-3-5-6-7-17-8-10-18(11-9-17)19-12-13-21(26(30)25(19)29)20-14-15-22(31-16-4-2)23(27)24(20)28/h10,12-15,17H,3-9,11,16H2,1-2H3. The molecule has 1 unspecified atom stereocenters. The highest BCUT2D eigenvalue weighted by Gasteiger charge is 2.23. The van der Waals surface area contributed by atoms with Crippen LogP contribution in [0, 0.1) is 23.4 Å². The Bertz CT molecular complexity index is 939. The number of ether oxygens (including phenoxy) is 1. The minimum atomic E-state index is -1.05. The number of allylic oxidation sites excluding steroid dienone is 2. The Morgan fingerprint density at radius 1 is 0.903 bits per heavy atom. The van der Waals surface area contributed by atoms with E-state index in [1.165, 1.54) is 43.9 Å². The van der Waals surface area contributed by atoms with Gasteiger partial charge in [-0.1, -0.05) is 69.3 Å². The predicted molar refractivity (Wildman–Crippen MR) is 122 cm³/mol. The predicted octanol–water partition coefficient (Wildman–Crippen LogP) is 8.98. The van der Waals surface area contributed by atoms with E-state index in [4.69, 9.17) is 16.3 Å². The molecule has 1 nitrogen and oxygen atoms in total. The average molecular weight is 451 g/mol. The topological polar surface area (TPSA) is 9.23 Å². The van der Waals surface area contributed by atoms with E-state index in [-0.39, 0.29) is 27.5 Å². The lowest BCUT2D eigenvalue weighted by molar-refractivity contribution is 0.316. The Labute approximate surface area is 188 Å². The van der Waals surface area contributed by atoms with Crippen LogP contribution in [0.1, 0.15) is 70.8 Å². The molecule has 0 amide bonds. The molecule has 31 heavy (non-hydrogen) atoms. The molecule has 3 rings (SSSR count). The van der Waals surface area contributed by atoms with Crippen LogP contribution in [0.5, 0.6) is 5.75 Å². The molecule has 0 bridgehead atoms. The van der Waals surface area contributed by atoms with Gasteiger partial charge < -0.3 is 4.74 Å². The Kier molecular flexibility index (Phi) is 8.48. The highest BCUT2D eigenvalue weighted by atomic mass is 35.5. The summed E-state index contributed by atoms with van der Waals surface area (Å²) in [5, 5.41) is -0.223. The van der Waals surface area contributed by atoms with E-state index in [1.54, 1.807) is 6.07 Å². The monoisotopic (exact) mass is 450 g/mol. The Balaban J connectivity index is 1.83. The van der Waals surface area contributed by atoms with Gasteiger partial charge in [-0.3, -0.25) is 0 Å². The normalized spacial score (nSPS) is 16.3. The molecule has 0 saturated heterocycles. The molecule has 0 spiro atoms. The van der Waals surface area contributed by atoms with Crippen LogP contribution in [0.4, 0.5) is 13.2 Å². The first-order valence-corrected chi connectivity index (χ1v) is 11.6. The van der Waals surface area contributed by atoms with Crippen molar-refractivity contribution in [2.45, 2.75) is 65.2 Å². The summed E-state index contributed by atoms with van der Waals surface area (Å²) < 4.78 is 50.1. The number of halogens is 4. The van der Waals surface area contributed by atoms with Crippen LogP contribution in [-0.4, -0.2) is 6.61 Å². The van der Waals surface area contributed by atoms with Gasteiger partial charge in [-0.25, -0.2) is 13.2 Å². The minimum absolute atomic E-state index is 0.0783. The van der Waals surface area contributed by atoms with Crippen molar-refractivity contribution in [2.24, 2.45) is 5.92 Å². The molecular formula is C26H30ClF3O. The SMILES string of the molecule is CCCCCC1CC=C(c2ccc(-c3ccc(OCCC)c(Cl)c3F)c(F)c2F)CC1. The van der Waals surface area contributed by atoms with Crippen LogP contribution in [-0.2, 0) is 0 Å². The van der Waals surface area contributed by atoms with Gasteiger partial charge >= 0.3 is 0 Å². The van der Waals surface area contributed by atoms with Gasteiger partial charge in [0.25, 0.3) is 0 Å². The molecule has 1 aliphatic carbocycles. The maximum Gasteiger partial charge on any atom is 0.167 e. The number of unbranched alkanes of at least 4 members (excludes halogenated alkanes) is 2. The third-order valence-electron chi connectivity index (χ3n) is 5.96. The van der Waals surface area contributed by atoms with Gasteiger partial charge in [-0.2, -0.15) is 0 Å². The quantitative estimate of drug-likeness (QED) is 0.346. The molecule has 5 heteroatoms. The summed E-state index contributed by atoms with van der Waals surface area (Å²) in [7, 11) is 0. The van der Waals surface area contributed by atoms with Crippen molar-refractivity contribution < 1.29 is 17.9 Å². The lowest BCUT2D eigenvalue weighted by Crippen LogP contribution is -2.07. The summed E-state index contributed by atoms with van der Waals surface area (Å²) in [6.07, 6.45) is 10.2. The fourth-order valence-electron chi connectivity index (χ4n) is 4.15. The second-order valence-corrected chi connectivity index (χ2v) is 8.62. The zero-order valence-corrected chi connectivity index (χ0v) is 19.0. The van der Waals surface area contributed by atoms with Crippen molar-refractivity contribution in [2.75, 3.05) is 6.61 Å². The second-order valence-electron chi connectivity index (χ2n) is 8.24. The maximum atomic E-state index is 15.0. The molecule has 0 heterocycles. The number of hydrogen-bond acceptors (Lipinski definition) is 1. The Hall–Kier alpha value is -1.94. The van der Waals surface area contributed by atoms with E-state index in [9.17, 15) is 13.2 Å². The van der Waals surface area contributed by atoms with Gasteiger partial charge in [0, 0.05) is 16.7 Å². The molecule has 0 saturated carbocycles. The van der Waals surface area contributed by atoms with E-state index in [1.807, 2.05) is 13.0 Å². The fraction of sp³-hybridized carbons (Fsp3) is 0.462. The van der Waals surface area contributed by atoms with Crippen molar-refractivity contribution in [3.63, 3.8) is 0 Å². The lowest BCUT2D eigenvalue weighted by Gasteiger charge is -2.22. The number of rotatable bonds is 9. The van der Waals surface area contributed by atoms with Crippen molar-refractivity contribution in [1.82, 2.24) is 0 Å². The van der Waals surface area contributed by atoms with E-state index >= 15 is 0 Å². The zero-order chi connectivity index (χ0) is 22.4. The number of hydrogen-bond donors (Lipinski definition) is 0. The van der Waals surface area contributed by atoms with Gasteiger partial charge in [0.15, 0.2) is 17.5 Å². The Morgan fingerprint density at radius 2 is 1.58 bits per heavy atom. The van der Waals surface area contributed by atoms with E-state index in [2.05, 4.69) is 6.92 Å². The van der Waals surface area contributed by atoms with Crippen LogP contribution >= 0.6 is 11.6 Å². The first kappa shape index (κ1) is 23.7. The van der Waals surface area contributed by atoms with E-state index in [0.717, 1.165) is 31.3 Å². The van der Waals surface area contributed by atoms with Gasteiger partial charge in [0.1, 0.15) is 10.8 Å². The molecular weight excluding hydrogens is 421 g/mol. The summed E-state index contributed by atoms with van der Waals surface area (Å²) in [5.74, 6) is -1.99. The lowest BCUT2D eigenvalue weighted by atomic mass is 9.83. The molecule has 0 radical (unpaired) electrons. The Morgan fingerprint density at radius 3 is 2.26 bits per heavy atom. The van der Waals surface area contributed by atoms with Gasteiger partial charge in [0.2, 0.25) is 0 Å². The van der Waals surface area contributed by atoms with Crippen molar-refractivity contribution in [3.05, 3.63) is 58.4 Å². The van der Waals surface area contributed by atoms with Crippen molar-refractivity contribution in [1.29, 1.82) is 0 Å². The van der Waals surface area contributed by atoms with Crippen LogP contribution in [0.3, 0.4) is 0 Å². The molecule has 1 aliphatic rings. The summed E-state index contributed by atoms with van der Waals surface area (Å²) in [6, 6.07) is 5.85. The summed E-state index contributed by atoms with van der Waals surface area (Å²) >= 11 is 6.06. The summed E-state index contributed by atoms with van der Waals surface area (Å²) in [5.41, 5.74) is 0.876. The molecule has 0 aromatic heterocycles. The molecule has 2 aromatic rings. The fourth-order valence-corrected chi connectivity index (χ4v) is 4.37. The van der Waals surface area contributed by atoms with Crippen LogP contribution in [0.15, 0.2) is 30.3 Å². The third kappa shape index (κ3) is 5.46. The molecule has 1 atom stereocenters. The van der Waals surface area contributed by atoms with Crippen molar-refractivity contribution in [3.8, 4) is 16.9 Å². The minimum Gasteiger partial charge on any atom is -0.492 e. The van der Waals surface area contributed by atoms with Crippen LogP contribution < -0.4 is 4.74 Å². The van der Waals surface area contributed by atoms with Gasteiger partial charge in [0.05, 0.1) is 6.61 Å². The number of benzene rings is 2. The van der Waals surface area contributed by atoms with Crippen LogP contribution in [0.2, 0.25) is 5.02 Å². The highest BCUT2D eigenvalue weighted by Crippen LogP contribution is 2.39. The summed E-state index contributed by atoms with van der Waals surface area (Å²) in [4.78, 5) is 0. The van der Waals surface area contributed by atoms with Crippen LogP contribution in [0.25, 0.3) is 16.7 Å². The van der Waals surface area contributed by atoms with E-state index in [0.29, 0.717) is 12.5 Å². The smallest absolute Gasteiger partial charge is 0.167 e. The third-order valence-corrected chi connectivity index (χ3v) is 6.31. The largest absolute Gasteiger partial charge is 0.492 e. The summed E-state index contributed by atoms with van der Waals surface area (Å²) in [6.45, 7) is 4.51. The zero-order valence-electron chi connectivity index (χ0n) is 18.2. The second kappa shape index (κ2) is 11.1. The van der Waals surface area contributed by atoms with Crippen molar-refractivity contribution >= 4 is 17.2 Å². The molecule has 0 fully saturated rings. The highest BCUT2D eigenvalue weighted by molar-refractivity contribution is 6.32.